The van der Waals surface area contributed by atoms with Gasteiger partial charge in [-0.1, -0.05) is 35.5 Å². The van der Waals surface area contributed by atoms with E-state index in [2.05, 4.69) is 15.5 Å². The van der Waals surface area contributed by atoms with Crippen molar-refractivity contribution in [1.29, 1.82) is 0 Å². The Kier molecular flexibility index (Phi) is 4.37. The molecule has 0 aliphatic rings. The summed E-state index contributed by atoms with van der Waals surface area (Å²) in [5, 5.41) is 6.67. The average molecular weight is 288 g/mol. The fraction of sp³-hybridized carbons (Fsp3) is 0.400. The fourth-order valence-electron chi connectivity index (χ4n) is 1.73. The van der Waals surface area contributed by atoms with Gasteiger partial charge in [0, 0.05) is 0 Å². The summed E-state index contributed by atoms with van der Waals surface area (Å²) >= 11 is 0. The summed E-state index contributed by atoms with van der Waals surface area (Å²) in [6.07, 6.45) is 0.566. The Morgan fingerprint density at radius 1 is 1.38 bits per heavy atom. The molecule has 1 aromatic heterocycles. The molecule has 6 heteroatoms. The molecule has 0 aliphatic heterocycles. The van der Waals surface area contributed by atoms with Crippen LogP contribution in [-0.2, 0) is 11.2 Å². The van der Waals surface area contributed by atoms with E-state index >= 15 is 0 Å². The average Bonchev–Trinajstić information content (AvgIpc) is 2.87. The summed E-state index contributed by atoms with van der Waals surface area (Å²) in [5.41, 5.74) is 5.89. The van der Waals surface area contributed by atoms with E-state index < -0.39 is 5.54 Å². The van der Waals surface area contributed by atoms with Crippen LogP contribution >= 0.6 is 0 Å². The molecule has 6 nitrogen and oxygen atoms in total. The number of hydrogen-bond donors (Lipinski definition) is 2. The van der Waals surface area contributed by atoms with E-state index in [1.807, 2.05) is 30.3 Å². The Labute approximate surface area is 123 Å². The van der Waals surface area contributed by atoms with Crippen molar-refractivity contribution in [3.05, 3.63) is 47.6 Å². The van der Waals surface area contributed by atoms with Crippen molar-refractivity contribution in [3.63, 3.8) is 0 Å². The zero-order valence-corrected chi connectivity index (χ0v) is 12.5. The lowest BCUT2D eigenvalue weighted by molar-refractivity contribution is -0.125. The van der Waals surface area contributed by atoms with Crippen LogP contribution in [0.4, 0.5) is 0 Å². The third kappa shape index (κ3) is 4.13. The van der Waals surface area contributed by atoms with Crippen LogP contribution in [0.2, 0.25) is 0 Å². The van der Waals surface area contributed by atoms with E-state index in [0.29, 0.717) is 18.1 Å². The first-order valence-corrected chi connectivity index (χ1v) is 6.82. The molecular formula is C15H20N4O2. The second kappa shape index (κ2) is 6.05. The maximum atomic E-state index is 11.8. The van der Waals surface area contributed by atoms with Crippen molar-refractivity contribution >= 4 is 5.91 Å². The van der Waals surface area contributed by atoms with Crippen molar-refractivity contribution < 1.29 is 9.32 Å². The zero-order chi connectivity index (χ0) is 15.5. The zero-order valence-electron chi connectivity index (χ0n) is 12.5. The highest BCUT2D eigenvalue weighted by Crippen LogP contribution is 2.12. The Morgan fingerprint density at radius 2 is 2.05 bits per heavy atom. The van der Waals surface area contributed by atoms with Gasteiger partial charge in [-0.3, -0.25) is 4.79 Å². The number of benzene rings is 1. The number of carbonyl (C=O) groups excluding carboxylic acids is 1. The molecule has 1 aromatic carbocycles. The standard InChI is InChI=1S/C15H20N4O2/c1-10(17-14(20)15(2,3)16)13-18-12(21-19-13)9-11-7-5-4-6-8-11/h4-8,10H,9,16H2,1-3H3,(H,17,20). The highest BCUT2D eigenvalue weighted by atomic mass is 16.5. The van der Waals surface area contributed by atoms with E-state index in [1.54, 1.807) is 20.8 Å². The van der Waals surface area contributed by atoms with Crippen LogP contribution < -0.4 is 11.1 Å². The fourth-order valence-corrected chi connectivity index (χ4v) is 1.73. The van der Waals surface area contributed by atoms with Gasteiger partial charge in [0.25, 0.3) is 0 Å². The number of hydrogen-bond acceptors (Lipinski definition) is 5. The predicted molar refractivity (Wildman–Crippen MR) is 78.4 cm³/mol. The van der Waals surface area contributed by atoms with Gasteiger partial charge in [-0.15, -0.1) is 0 Å². The molecule has 2 aromatic rings. The van der Waals surface area contributed by atoms with Gasteiger partial charge in [-0.25, -0.2) is 0 Å². The van der Waals surface area contributed by atoms with Crippen LogP contribution in [0.25, 0.3) is 0 Å². The molecule has 2 rings (SSSR count). The van der Waals surface area contributed by atoms with Gasteiger partial charge in [0.05, 0.1) is 18.0 Å². The maximum absolute atomic E-state index is 11.8. The van der Waals surface area contributed by atoms with E-state index in [4.69, 9.17) is 10.3 Å². The van der Waals surface area contributed by atoms with Crippen LogP contribution in [0.15, 0.2) is 34.9 Å². The van der Waals surface area contributed by atoms with Gasteiger partial charge < -0.3 is 15.6 Å². The quantitative estimate of drug-likeness (QED) is 0.871. The van der Waals surface area contributed by atoms with E-state index in [0.717, 1.165) is 5.56 Å². The number of carbonyl (C=O) groups is 1. The summed E-state index contributed by atoms with van der Waals surface area (Å²) < 4.78 is 5.21. The second-order valence-electron chi connectivity index (χ2n) is 5.63. The number of rotatable bonds is 5. The number of nitrogens with zero attached hydrogens (tertiary/aromatic N) is 2. The molecule has 112 valence electrons. The van der Waals surface area contributed by atoms with Gasteiger partial charge in [-0.05, 0) is 26.3 Å². The Morgan fingerprint density at radius 3 is 2.67 bits per heavy atom. The molecule has 0 aliphatic carbocycles. The molecule has 0 saturated carbocycles. The highest BCUT2D eigenvalue weighted by Gasteiger charge is 2.25. The Hall–Kier alpha value is -2.21. The van der Waals surface area contributed by atoms with Crippen molar-refractivity contribution in [2.75, 3.05) is 0 Å². The molecule has 1 unspecified atom stereocenters. The van der Waals surface area contributed by atoms with E-state index in [1.165, 1.54) is 0 Å². The Balaban J connectivity index is 2.01. The molecular weight excluding hydrogens is 268 g/mol. The Bertz CT molecular complexity index is 602. The number of nitrogens with one attached hydrogen (secondary N) is 1. The van der Waals surface area contributed by atoms with E-state index in [-0.39, 0.29) is 11.9 Å². The minimum absolute atomic E-state index is 0.260. The smallest absolute Gasteiger partial charge is 0.240 e. The SMILES string of the molecule is CC(NC(=O)C(C)(C)N)c1noc(Cc2ccccc2)n1. The summed E-state index contributed by atoms with van der Waals surface area (Å²) in [5.74, 6) is 0.701. The van der Waals surface area contributed by atoms with Crippen molar-refractivity contribution in [2.24, 2.45) is 5.73 Å². The lowest BCUT2D eigenvalue weighted by Gasteiger charge is -2.20. The summed E-state index contributed by atoms with van der Waals surface area (Å²) in [4.78, 5) is 16.1. The van der Waals surface area contributed by atoms with Crippen LogP contribution in [-0.4, -0.2) is 21.6 Å². The summed E-state index contributed by atoms with van der Waals surface area (Å²) in [6.45, 7) is 5.08. The molecule has 0 radical (unpaired) electrons. The van der Waals surface area contributed by atoms with Crippen molar-refractivity contribution in [1.82, 2.24) is 15.5 Å². The predicted octanol–water partition coefficient (Wildman–Crippen LogP) is 1.57. The topological polar surface area (TPSA) is 94.0 Å². The molecule has 0 bridgehead atoms. The molecule has 1 heterocycles. The van der Waals surface area contributed by atoms with Crippen molar-refractivity contribution in [2.45, 2.75) is 38.8 Å². The van der Waals surface area contributed by atoms with Gasteiger partial charge in [0.1, 0.15) is 0 Å². The van der Waals surface area contributed by atoms with Crippen LogP contribution in [0.3, 0.4) is 0 Å². The summed E-state index contributed by atoms with van der Waals surface area (Å²) in [6, 6.07) is 9.50. The molecule has 3 N–H and O–H groups in total. The number of nitrogens with two attached hydrogens (primary N) is 1. The van der Waals surface area contributed by atoms with Gasteiger partial charge >= 0.3 is 0 Å². The number of amides is 1. The van der Waals surface area contributed by atoms with E-state index in [9.17, 15) is 4.79 Å². The molecule has 0 fully saturated rings. The van der Waals surface area contributed by atoms with Gasteiger partial charge in [0.15, 0.2) is 5.82 Å². The second-order valence-corrected chi connectivity index (χ2v) is 5.63. The molecule has 0 spiro atoms. The molecule has 21 heavy (non-hydrogen) atoms. The normalized spacial score (nSPS) is 13.0. The minimum atomic E-state index is -0.940. The summed E-state index contributed by atoms with van der Waals surface area (Å²) in [7, 11) is 0. The minimum Gasteiger partial charge on any atom is -0.345 e. The third-order valence-corrected chi connectivity index (χ3v) is 3.00. The monoisotopic (exact) mass is 288 g/mol. The lowest BCUT2D eigenvalue weighted by atomic mass is 10.1. The van der Waals surface area contributed by atoms with Crippen LogP contribution in [0.5, 0.6) is 0 Å². The lowest BCUT2D eigenvalue weighted by Crippen LogP contribution is -2.49. The molecule has 1 atom stereocenters. The van der Waals surface area contributed by atoms with Gasteiger partial charge in [0.2, 0.25) is 11.8 Å². The first-order valence-electron chi connectivity index (χ1n) is 6.82. The number of aromatic nitrogens is 2. The third-order valence-electron chi connectivity index (χ3n) is 3.00. The van der Waals surface area contributed by atoms with Gasteiger partial charge in [-0.2, -0.15) is 4.98 Å². The van der Waals surface area contributed by atoms with Crippen LogP contribution in [0, 0.1) is 0 Å². The van der Waals surface area contributed by atoms with Crippen molar-refractivity contribution in [3.8, 4) is 0 Å². The highest BCUT2D eigenvalue weighted by molar-refractivity contribution is 5.85. The largest absolute Gasteiger partial charge is 0.345 e. The van der Waals surface area contributed by atoms with Crippen LogP contribution in [0.1, 0.15) is 44.1 Å². The molecule has 0 saturated heterocycles. The molecule has 1 amide bonds. The first kappa shape index (κ1) is 15.2. The first-order chi connectivity index (χ1) is 9.86. The maximum Gasteiger partial charge on any atom is 0.240 e.